The van der Waals surface area contributed by atoms with Gasteiger partial charge in [-0.25, -0.2) is 0 Å². The highest BCUT2D eigenvalue weighted by Crippen LogP contribution is 2.29. The Balaban J connectivity index is 1.14. The maximum absolute atomic E-state index is 4.43. The van der Waals surface area contributed by atoms with Crippen LogP contribution in [-0.2, 0) is 6.54 Å². The van der Waals surface area contributed by atoms with Gasteiger partial charge >= 0.3 is 0 Å². The molecule has 4 nitrogen and oxygen atoms in total. The largest absolute Gasteiger partial charge is 0.346 e. The van der Waals surface area contributed by atoms with Crippen LogP contribution in [0.1, 0.15) is 30.0 Å². The molecule has 0 spiro atoms. The number of fused-ring (bicyclic) bond motifs is 1. The van der Waals surface area contributed by atoms with Crippen LogP contribution in [0.15, 0.2) is 91.3 Å². The highest BCUT2D eigenvalue weighted by Gasteiger charge is 2.26. The molecular formula is C28H32N4. The van der Waals surface area contributed by atoms with E-state index in [9.17, 15) is 0 Å². The molecular weight excluding hydrogens is 392 g/mol. The molecule has 4 aromatic rings. The zero-order valence-electron chi connectivity index (χ0n) is 18.7. The monoisotopic (exact) mass is 424 g/mol. The number of pyridine rings is 1. The highest BCUT2D eigenvalue weighted by atomic mass is 15.3. The number of benzene rings is 2. The standard InChI is InChI=1S/C28H32N4/c1-3-10-24(11-4-1)28(25-12-5-2-6-13-25)32-22-20-30(21-23-32)17-7-8-18-31-19-15-26-27(31)14-9-16-29-26/h1-6,9-16,19,28H,7-8,17-18,20-23H2. The smallest absolute Gasteiger partial charge is 0.0880 e. The van der Waals surface area contributed by atoms with Gasteiger partial charge in [-0.15, -0.1) is 0 Å². The number of hydrogen-bond acceptors (Lipinski definition) is 3. The lowest BCUT2D eigenvalue weighted by Gasteiger charge is -2.39. The topological polar surface area (TPSA) is 24.3 Å². The average Bonchev–Trinajstić information content (AvgIpc) is 3.27. The molecule has 0 unspecified atom stereocenters. The molecule has 0 N–H and O–H groups in total. The zero-order chi connectivity index (χ0) is 21.6. The van der Waals surface area contributed by atoms with Crippen LogP contribution in [0.25, 0.3) is 11.0 Å². The van der Waals surface area contributed by atoms with Crippen LogP contribution in [0.5, 0.6) is 0 Å². The Hall–Kier alpha value is -2.95. The molecule has 0 amide bonds. The number of hydrogen-bond donors (Lipinski definition) is 0. The minimum Gasteiger partial charge on any atom is -0.346 e. The number of aromatic nitrogens is 2. The summed E-state index contributed by atoms with van der Waals surface area (Å²) in [6.45, 7) is 6.77. The number of aryl methyl sites for hydroxylation is 1. The Morgan fingerprint density at radius 3 is 2.03 bits per heavy atom. The third-order valence-corrected chi connectivity index (χ3v) is 6.66. The van der Waals surface area contributed by atoms with Crippen molar-refractivity contribution < 1.29 is 0 Å². The summed E-state index contributed by atoms with van der Waals surface area (Å²) in [6.07, 6.45) is 6.48. The van der Waals surface area contributed by atoms with Crippen LogP contribution in [0.2, 0.25) is 0 Å². The second kappa shape index (κ2) is 10.1. The van der Waals surface area contributed by atoms with Gasteiger partial charge in [0.25, 0.3) is 0 Å². The van der Waals surface area contributed by atoms with Gasteiger partial charge in [0, 0.05) is 45.1 Å². The highest BCUT2D eigenvalue weighted by molar-refractivity contribution is 5.75. The van der Waals surface area contributed by atoms with E-state index in [1.54, 1.807) is 0 Å². The van der Waals surface area contributed by atoms with Crippen LogP contribution >= 0.6 is 0 Å². The molecule has 5 rings (SSSR count). The predicted octanol–water partition coefficient (Wildman–Crippen LogP) is 5.22. The predicted molar refractivity (Wildman–Crippen MR) is 132 cm³/mol. The molecule has 0 bridgehead atoms. The maximum atomic E-state index is 4.43. The Morgan fingerprint density at radius 1 is 0.688 bits per heavy atom. The summed E-state index contributed by atoms with van der Waals surface area (Å²) in [5, 5.41) is 0. The minimum atomic E-state index is 0.343. The summed E-state index contributed by atoms with van der Waals surface area (Å²) in [4.78, 5) is 9.73. The molecule has 164 valence electrons. The van der Waals surface area contributed by atoms with Crippen molar-refractivity contribution in [1.29, 1.82) is 0 Å². The third-order valence-electron chi connectivity index (χ3n) is 6.66. The molecule has 2 aromatic heterocycles. The van der Waals surface area contributed by atoms with Crippen molar-refractivity contribution in [3.63, 3.8) is 0 Å². The van der Waals surface area contributed by atoms with Crippen molar-refractivity contribution >= 4 is 11.0 Å². The van der Waals surface area contributed by atoms with Crippen molar-refractivity contribution in [3.05, 3.63) is 102 Å². The molecule has 3 heterocycles. The molecule has 1 fully saturated rings. The van der Waals surface area contributed by atoms with E-state index in [0.29, 0.717) is 6.04 Å². The summed E-state index contributed by atoms with van der Waals surface area (Å²) in [7, 11) is 0. The third kappa shape index (κ3) is 4.77. The lowest BCUT2D eigenvalue weighted by Crippen LogP contribution is -2.48. The summed E-state index contributed by atoms with van der Waals surface area (Å²) in [5.74, 6) is 0. The summed E-state index contributed by atoms with van der Waals surface area (Å²) < 4.78 is 2.34. The SMILES string of the molecule is c1ccc(C(c2ccccc2)N2CCN(CCCCn3ccc4ncccc43)CC2)cc1. The van der Waals surface area contributed by atoms with Crippen molar-refractivity contribution in [1.82, 2.24) is 19.4 Å². The van der Waals surface area contributed by atoms with Crippen LogP contribution in [-0.4, -0.2) is 52.1 Å². The van der Waals surface area contributed by atoms with Crippen molar-refractivity contribution in [2.75, 3.05) is 32.7 Å². The lowest BCUT2D eigenvalue weighted by molar-refractivity contribution is 0.108. The van der Waals surface area contributed by atoms with E-state index in [0.717, 1.165) is 38.2 Å². The molecule has 1 saturated heterocycles. The number of unbranched alkanes of at least 4 members (excludes halogenated alkanes) is 1. The first-order chi connectivity index (χ1) is 15.9. The molecule has 1 aliphatic rings. The quantitative estimate of drug-likeness (QED) is 0.362. The van der Waals surface area contributed by atoms with E-state index in [1.807, 2.05) is 12.3 Å². The Kier molecular flexibility index (Phi) is 6.61. The maximum Gasteiger partial charge on any atom is 0.0880 e. The van der Waals surface area contributed by atoms with Gasteiger partial charge in [-0.1, -0.05) is 60.7 Å². The fraction of sp³-hybridized carbons (Fsp3) is 0.321. The van der Waals surface area contributed by atoms with Crippen LogP contribution in [0.3, 0.4) is 0 Å². The van der Waals surface area contributed by atoms with E-state index in [1.165, 1.54) is 36.0 Å². The van der Waals surface area contributed by atoms with Crippen LogP contribution in [0.4, 0.5) is 0 Å². The molecule has 0 atom stereocenters. The van der Waals surface area contributed by atoms with Gasteiger partial charge in [0.1, 0.15) is 0 Å². The number of nitrogens with zero attached hydrogens (tertiary/aromatic N) is 4. The zero-order valence-corrected chi connectivity index (χ0v) is 18.7. The Morgan fingerprint density at radius 2 is 1.34 bits per heavy atom. The fourth-order valence-corrected chi connectivity index (χ4v) is 4.96. The molecule has 0 radical (unpaired) electrons. The van der Waals surface area contributed by atoms with Gasteiger partial charge in [-0.3, -0.25) is 9.88 Å². The second-order valence-corrected chi connectivity index (χ2v) is 8.73. The van der Waals surface area contributed by atoms with Gasteiger partial charge < -0.3 is 9.47 Å². The molecule has 32 heavy (non-hydrogen) atoms. The van der Waals surface area contributed by atoms with Crippen molar-refractivity contribution in [2.24, 2.45) is 0 Å². The van der Waals surface area contributed by atoms with Gasteiger partial charge in [0.2, 0.25) is 0 Å². The first-order valence-corrected chi connectivity index (χ1v) is 11.8. The number of piperazine rings is 1. The van der Waals surface area contributed by atoms with E-state index in [-0.39, 0.29) is 0 Å². The van der Waals surface area contributed by atoms with E-state index >= 15 is 0 Å². The molecule has 0 aliphatic carbocycles. The van der Waals surface area contributed by atoms with Gasteiger partial charge in [0.15, 0.2) is 0 Å². The van der Waals surface area contributed by atoms with Crippen molar-refractivity contribution in [3.8, 4) is 0 Å². The average molecular weight is 425 g/mol. The van der Waals surface area contributed by atoms with E-state index in [2.05, 4.69) is 98.3 Å². The first-order valence-electron chi connectivity index (χ1n) is 11.8. The summed E-state index contributed by atoms with van der Waals surface area (Å²) >= 11 is 0. The van der Waals surface area contributed by atoms with Gasteiger partial charge in [0.05, 0.1) is 17.1 Å². The van der Waals surface area contributed by atoms with Gasteiger partial charge in [-0.2, -0.15) is 0 Å². The minimum absolute atomic E-state index is 0.343. The molecule has 0 saturated carbocycles. The van der Waals surface area contributed by atoms with Crippen LogP contribution < -0.4 is 0 Å². The normalized spacial score (nSPS) is 15.5. The molecule has 1 aliphatic heterocycles. The van der Waals surface area contributed by atoms with Crippen LogP contribution in [0, 0.1) is 0 Å². The van der Waals surface area contributed by atoms with Crippen molar-refractivity contribution in [2.45, 2.75) is 25.4 Å². The lowest BCUT2D eigenvalue weighted by atomic mass is 9.96. The first kappa shape index (κ1) is 20.9. The van der Waals surface area contributed by atoms with Gasteiger partial charge in [-0.05, 0) is 48.7 Å². The molecule has 4 heteroatoms. The fourth-order valence-electron chi connectivity index (χ4n) is 4.96. The summed E-state index contributed by atoms with van der Waals surface area (Å²) in [5.41, 5.74) is 5.12. The second-order valence-electron chi connectivity index (χ2n) is 8.73. The molecule has 2 aromatic carbocycles. The van der Waals surface area contributed by atoms with E-state index < -0.39 is 0 Å². The van der Waals surface area contributed by atoms with E-state index in [4.69, 9.17) is 0 Å². The Bertz CT molecular complexity index is 1060. The number of rotatable bonds is 8. The Labute approximate surface area is 191 Å². The summed E-state index contributed by atoms with van der Waals surface area (Å²) in [6, 6.07) is 28.6.